The van der Waals surface area contributed by atoms with Crippen molar-refractivity contribution in [2.24, 2.45) is 0 Å². The smallest absolute Gasteiger partial charge is 0.338 e. The number of esters is 1. The van der Waals surface area contributed by atoms with Crippen LogP contribution < -0.4 is 10.1 Å². The van der Waals surface area contributed by atoms with Gasteiger partial charge in [0.15, 0.2) is 6.10 Å². The molecule has 0 spiro atoms. The Hall–Kier alpha value is -2.41. The van der Waals surface area contributed by atoms with E-state index in [1.54, 1.807) is 36.7 Å². The number of nitrogens with one attached hydrogen (secondary N) is 1. The number of aromatic nitrogens is 1. The van der Waals surface area contributed by atoms with Crippen molar-refractivity contribution in [3.63, 3.8) is 0 Å². The average molecular weight is 362 g/mol. The zero-order valence-corrected chi connectivity index (χ0v) is 15.6. The highest BCUT2D eigenvalue weighted by molar-refractivity contribution is 7.07. The topological polar surface area (TPSA) is 77.5 Å². The Morgan fingerprint density at radius 1 is 1.24 bits per heavy atom. The van der Waals surface area contributed by atoms with Gasteiger partial charge in [0.25, 0.3) is 5.91 Å². The summed E-state index contributed by atoms with van der Waals surface area (Å²) in [7, 11) is 0. The third-order valence-corrected chi connectivity index (χ3v) is 3.75. The Labute approximate surface area is 151 Å². The molecule has 0 saturated heterocycles. The van der Waals surface area contributed by atoms with Gasteiger partial charge < -0.3 is 14.8 Å². The molecule has 1 aromatic carbocycles. The highest BCUT2D eigenvalue weighted by Gasteiger charge is 2.22. The molecule has 0 fully saturated rings. The van der Waals surface area contributed by atoms with Crippen LogP contribution in [0.3, 0.4) is 0 Å². The molecule has 1 amide bonds. The van der Waals surface area contributed by atoms with Crippen LogP contribution >= 0.6 is 11.3 Å². The maximum Gasteiger partial charge on any atom is 0.338 e. The minimum atomic E-state index is -0.868. The van der Waals surface area contributed by atoms with E-state index in [0.29, 0.717) is 17.9 Å². The number of rotatable bonds is 6. The van der Waals surface area contributed by atoms with Crippen LogP contribution in [0.4, 0.5) is 0 Å². The predicted octanol–water partition coefficient (Wildman–Crippen LogP) is 3.18. The largest absolute Gasteiger partial charge is 0.487 e. The summed E-state index contributed by atoms with van der Waals surface area (Å²) in [6, 6.07) is 6.58. The van der Waals surface area contributed by atoms with E-state index in [0.717, 1.165) is 5.69 Å². The van der Waals surface area contributed by atoms with E-state index < -0.39 is 12.1 Å². The molecule has 2 rings (SSSR count). The Balaban J connectivity index is 1.88. The van der Waals surface area contributed by atoms with Crippen LogP contribution in [-0.4, -0.2) is 28.5 Å². The molecule has 2 aromatic rings. The summed E-state index contributed by atoms with van der Waals surface area (Å²) in [5, 5.41) is 4.69. The minimum Gasteiger partial charge on any atom is -0.487 e. The van der Waals surface area contributed by atoms with Gasteiger partial charge in [0.05, 0.1) is 16.8 Å². The molecule has 134 valence electrons. The predicted molar refractivity (Wildman–Crippen MR) is 95.7 cm³/mol. The van der Waals surface area contributed by atoms with Gasteiger partial charge in [0.1, 0.15) is 12.4 Å². The maximum atomic E-state index is 12.1. The summed E-state index contributed by atoms with van der Waals surface area (Å²) in [5.74, 6) is -0.255. The van der Waals surface area contributed by atoms with Crippen molar-refractivity contribution in [3.05, 3.63) is 46.4 Å². The number of ether oxygens (including phenoxy) is 2. The number of thiazole rings is 1. The average Bonchev–Trinajstić information content (AvgIpc) is 3.05. The van der Waals surface area contributed by atoms with E-state index in [9.17, 15) is 9.59 Å². The van der Waals surface area contributed by atoms with E-state index in [4.69, 9.17) is 9.47 Å². The van der Waals surface area contributed by atoms with Crippen LogP contribution in [0.1, 0.15) is 43.7 Å². The molecule has 0 saturated carbocycles. The molecule has 1 unspecified atom stereocenters. The van der Waals surface area contributed by atoms with Gasteiger partial charge in [-0.1, -0.05) is 0 Å². The molecular formula is C18H22N2O4S. The highest BCUT2D eigenvalue weighted by Crippen LogP contribution is 2.15. The number of nitrogens with zero attached hydrogens (tertiary/aromatic N) is 1. The number of amides is 1. The molecule has 1 heterocycles. The second-order valence-corrected chi connectivity index (χ2v) is 7.30. The van der Waals surface area contributed by atoms with E-state index in [1.165, 1.54) is 11.3 Å². The lowest BCUT2D eigenvalue weighted by Crippen LogP contribution is -2.46. The summed E-state index contributed by atoms with van der Waals surface area (Å²) in [5.41, 5.74) is 2.58. The van der Waals surface area contributed by atoms with E-state index in [2.05, 4.69) is 10.3 Å². The number of carbonyl (C=O) groups is 2. The monoisotopic (exact) mass is 362 g/mol. The molecule has 1 aromatic heterocycles. The normalized spacial score (nSPS) is 12.3. The third-order valence-electron chi connectivity index (χ3n) is 3.11. The quantitative estimate of drug-likeness (QED) is 0.799. The van der Waals surface area contributed by atoms with Crippen molar-refractivity contribution in [2.75, 3.05) is 0 Å². The summed E-state index contributed by atoms with van der Waals surface area (Å²) < 4.78 is 10.8. The Kier molecular flexibility index (Phi) is 6.14. The first kappa shape index (κ1) is 18.9. The van der Waals surface area contributed by atoms with Crippen LogP contribution in [-0.2, 0) is 16.1 Å². The first-order chi connectivity index (χ1) is 11.7. The van der Waals surface area contributed by atoms with E-state index in [1.807, 2.05) is 26.2 Å². The van der Waals surface area contributed by atoms with Crippen molar-refractivity contribution >= 4 is 23.2 Å². The molecule has 0 aliphatic carbocycles. The van der Waals surface area contributed by atoms with Gasteiger partial charge in [0.2, 0.25) is 0 Å². The van der Waals surface area contributed by atoms with Gasteiger partial charge in [0, 0.05) is 10.9 Å². The van der Waals surface area contributed by atoms with Crippen LogP contribution in [0.15, 0.2) is 35.2 Å². The molecular weight excluding hydrogens is 340 g/mol. The second-order valence-electron chi connectivity index (χ2n) is 6.58. The molecule has 1 N–H and O–H groups in total. The molecule has 25 heavy (non-hydrogen) atoms. The van der Waals surface area contributed by atoms with Crippen molar-refractivity contribution in [3.8, 4) is 5.75 Å². The van der Waals surface area contributed by atoms with Gasteiger partial charge >= 0.3 is 5.97 Å². The number of carbonyl (C=O) groups excluding carboxylic acids is 2. The first-order valence-corrected chi connectivity index (χ1v) is 8.82. The molecule has 1 atom stereocenters. The maximum absolute atomic E-state index is 12.1. The number of benzene rings is 1. The van der Waals surface area contributed by atoms with E-state index >= 15 is 0 Å². The standard InChI is InChI=1S/C18H22N2O4S/c1-12(16(21)20-18(2,3)4)24-17(22)13-5-7-15(8-6-13)23-9-14-10-25-11-19-14/h5-8,10-12H,9H2,1-4H3,(H,20,21). The third kappa shape index (κ3) is 6.19. The van der Waals surface area contributed by atoms with Gasteiger partial charge in [-0.3, -0.25) is 4.79 Å². The molecule has 0 bridgehead atoms. The minimum absolute atomic E-state index is 0.330. The Morgan fingerprint density at radius 2 is 1.92 bits per heavy atom. The van der Waals surface area contributed by atoms with E-state index in [-0.39, 0.29) is 11.4 Å². The SMILES string of the molecule is CC(OC(=O)c1ccc(OCc2cscn2)cc1)C(=O)NC(C)(C)C. The van der Waals surface area contributed by atoms with Gasteiger partial charge in [-0.25, -0.2) is 9.78 Å². The number of hydrogen-bond acceptors (Lipinski definition) is 6. The Bertz CT molecular complexity index is 706. The molecule has 6 nitrogen and oxygen atoms in total. The van der Waals surface area contributed by atoms with Crippen molar-refractivity contribution in [1.29, 1.82) is 0 Å². The Morgan fingerprint density at radius 3 is 2.48 bits per heavy atom. The van der Waals surface area contributed by atoms with Crippen molar-refractivity contribution in [1.82, 2.24) is 10.3 Å². The molecule has 0 aliphatic rings. The summed E-state index contributed by atoms with van der Waals surface area (Å²) in [4.78, 5) is 28.2. The lowest BCUT2D eigenvalue weighted by atomic mass is 10.1. The molecule has 7 heteroatoms. The fourth-order valence-electron chi connectivity index (χ4n) is 1.91. The lowest BCUT2D eigenvalue weighted by Gasteiger charge is -2.23. The fourth-order valence-corrected chi connectivity index (χ4v) is 2.45. The first-order valence-electron chi connectivity index (χ1n) is 7.87. The zero-order valence-electron chi connectivity index (χ0n) is 14.7. The van der Waals surface area contributed by atoms with Crippen molar-refractivity contribution in [2.45, 2.75) is 45.9 Å². The number of hydrogen-bond donors (Lipinski definition) is 1. The van der Waals surface area contributed by atoms with Gasteiger partial charge in [-0.15, -0.1) is 11.3 Å². The summed E-state index contributed by atoms with van der Waals surface area (Å²) >= 11 is 1.51. The van der Waals surface area contributed by atoms with Gasteiger partial charge in [-0.05, 0) is 52.0 Å². The zero-order chi connectivity index (χ0) is 18.4. The van der Waals surface area contributed by atoms with Crippen LogP contribution in [0.5, 0.6) is 5.75 Å². The molecule has 0 aliphatic heterocycles. The summed E-state index contributed by atoms with van der Waals surface area (Å²) in [6.45, 7) is 7.51. The highest BCUT2D eigenvalue weighted by atomic mass is 32.1. The summed E-state index contributed by atoms with van der Waals surface area (Å²) in [6.07, 6.45) is -0.868. The van der Waals surface area contributed by atoms with Crippen molar-refractivity contribution < 1.29 is 19.1 Å². The second kappa shape index (κ2) is 8.11. The fraction of sp³-hybridized carbons (Fsp3) is 0.389. The van der Waals surface area contributed by atoms with Crippen LogP contribution in [0.2, 0.25) is 0 Å². The molecule has 0 radical (unpaired) electrons. The van der Waals surface area contributed by atoms with Crippen LogP contribution in [0, 0.1) is 0 Å². The lowest BCUT2D eigenvalue weighted by molar-refractivity contribution is -0.130. The van der Waals surface area contributed by atoms with Gasteiger partial charge in [-0.2, -0.15) is 0 Å². The van der Waals surface area contributed by atoms with Crippen LogP contribution in [0.25, 0.3) is 0 Å².